The zero-order valence-electron chi connectivity index (χ0n) is 10.0. The molecule has 0 fully saturated rings. The minimum absolute atomic E-state index is 0.637. The fraction of sp³-hybridized carbons (Fsp3) is 0.727. The summed E-state index contributed by atoms with van der Waals surface area (Å²) >= 11 is 1.75. The van der Waals surface area contributed by atoms with E-state index in [9.17, 15) is 0 Å². The number of aromatic nitrogens is 1. The second-order valence-corrected chi connectivity index (χ2v) is 3.34. The molecule has 1 nitrogen and oxygen atoms in total. The smallest absolute Gasteiger partial charge is 0.0797 e. The van der Waals surface area contributed by atoms with Crippen LogP contribution in [0.1, 0.15) is 58.0 Å². The highest BCUT2D eigenvalue weighted by Crippen LogP contribution is 2.21. The summed E-state index contributed by atoms with van der Waals surface area (Å²) in [5, 5.41) is 0. The van der Waals surface area contributed by atoms with E-state index < -0.39 is 0 Å². The molecule has 0 aliphatic rings. The first-order chi connectivity index (χ1) is 6.22. The second-order valence-electron chi connectivity index (χ2n) is 2.46. The molecule has 78 valence electrons. The van der Waals surface area contributed by atoms with Crippen molar-refractivity contribution in [1.29, 1.82) is 0 Å². The zero-order chi connectivity index (χ0) is 10.9. The van der Waals surface area contributed by atoms with Crippen molar-refractivity contribution in [2.45, 2.75) is 54.4 Å². The van der Waals surface area contributed by atoms with Crippen molar-refractivity contribution in [1.82, 2.24) is 4.98 Å². The van der Waals surface area contributed by atoms with Crippen LogP contribution in [0.3, 0.4) is 0 Å². The fourth-order valence-electron chi connectivity index (χ4n) is 0.865. The normalized spacial score (nSPS) is 8.31. The number of hydrogen-bond acceptors (Lipinski definition) is 2. The van der Waals surface area contributed by atoms with Gasteiger partial charge in [0.1, 0.15) is 0 Å². The molecule has 13 heavy (non-hydrogen) atoms. The van der Waals surface area contributed by atoms with E-state index >= 15 is 0 Å². The molecular weight excluding hydrogens is 178 g/mol. The van der Waals surface area contributed by atoms with E-state index in [2.05, 4.69) is 25.8 Å². The van der Waals surface area contributed by atoms with Crippen LogP contribution in [-0.2, 0) is 0 Å². The number of hydrogen-bond donors (Lipinski definition) is 0. The highest BCUT2D eigenvalue weighted by atomic mass is 32.1. The van der Waals surface area contributed by atoms with Crippen LogP contribution in [0.4, 0.5) is 0 Å². The van der Waals surface area contributed by atoms with Gasteiger partial charge in [-0.2, -0.15) is 0 Å². The number of nitrogens with zero attached hydrogens (tertiary/aromatic N) is 1. The lowest BCUT2D eigenvalue weighted by molar-refractivity contribution is 0.873. The fourth-order valence-corrected chi connectivity index (χ4v) is 1.68. The predicted octanol–water partition coefficient (Wildman–Crippen LogP) is 4.63. The molecule has 0 aromatic carbocycles. The van der Waals surface area contributed by atoms with Gasteiger partial charge in [0.05, 0.1) is 11.2 Å². The van der Waals surface area contributed by atoms with Crippen LogP contribution in [0.25, 0.3) is 0 Å². The zero-order valence-corrected chi connectivity index (χ0v) is 10.8. The van der Waals surface area contributed by atoms with Crippen LogP contribution >= 0.6 is 11.3 Å². The van der Waals surface area contributed by atoms with Crippen LogP contribution < -0.4 is 0 Å². The molecule has 0 aliphatic heterocycles. The molecular formula is C11H23NS. The van der Waals surface area contributed by atoms with Crippen LogP contribution in [0.15, 0.2) is 5.51 Å². The Labute approximate surface area is 87.2 Å². The molecule has 0 N–H and O–H groups in total. The first-order valence-electron chi connectivity index (χ1n) is 5.12. The summed E-state index contributed by atoms with van der Waals surface area (Å²) in [6.45, 7) is 14.5. The molecule has 0 amide bonds. The second kappa shape index (κ2) is 9.72. The first-order valence-corrected chi connectivity index (χ1v) is 5.99. The molecule has 1 aromatic rings. The molecule has 1 heterocycles. The van der Waals surface area contributed by atoms with Gasteiger partial charge in [0, 0.05) is 4.88 Å². The van der Waals surface area contributed by atoms with Crippen molar-refractivity contribution < 1.29 is 0 Å². The molecule has 0 aliphatic carbocycles. The lowest BCUT2D eigenvalue weighted by Gasteiger charge is -1.98. The Bertz CT molecular complexity index is 192. The maximum atomic E-state index is 4.16. The minimum atomic E-state index is 0.637. The molecule has 0 bridgehead atoms. The van der Waals surface area contributed by atoms with E-state index in [4.69, 9.17) is 0 Å². The molecule has 1 aromatic heterocycles. The highest BCUT2D eigenvalue weighted by Gasteiger charge is 2.03. The minimum Gasteiger partial charge on any atom is -0.250 e. The third kappa shape index (κ3) is 5.81. The van der Waals surface area contributed by atoms with E-state index in [0.29, 0.717) is 5.92 Å². The van der Waals surface area contributed by atoms with Gasteiger partial charge >= 0.3 is 0 Å². The van der Waals surface area contributed by atoms with Crippen LogP contribution in [0.2, 0.25) is 0 Å². The lowest BCUT2D eigenvalue weighted by Crippen LogP contribution is -1.84. The summed E-state index contributed by atoms with van der Waals surface area (Å²) in [4.78, 5) is 5.57. The van der Waals surface area contributed by atoms with E-state index in [1.54, 1.807) is 11.3 Å². The van der Waals surface area contributed by atoms with Gasteiger partial charge in [0.15, 0.2) is 0 Å². The topological polar surface area (TPSA) is 12.9 Å². The van der Waals surface area contributed by atoms with Crippen LogP contribution in [-0.4, -0.2) is 4.98 Å². The summed E-state index contributed by atoms with van der Waals surface area (Å²) < 4.78 is 0. The standard InChI is InChI=1S/C7H11NS.2C2H6/c1-5(2)7-6(3)8-4-9-7;2*1-2/h4-5H,1-3H3;2*1-2H3. The number of thiazole rings is 1. The third-order valence-corrected chi connectivity index (χ3v) is 2.54. The molecule has 0 unspecified atom stereocenters. The van der Waals surface area contributed by atoms with Gasteiger partial charge < -0.3 is 0 Å². The van der Waals surface area contributed by atoms with Gasteiger partial charge in [-0.15, -0.1) is 11.3 Å². The van der Waals surface area contributed by atoms with Gasteiger partial charge in [0.2, 0.25) is 0 Å². The van der Waals surface area contributed by atoms with Gasteiger partial charge in [-0.25, -0.2) is 4.98 Å². The number of rotatable bonds is 1. The average Bonchev–Trinajstić information content (AvgIpc) is 2.58. The Hall–Kier alpha value is -0.370. The van der Waals surface area contributed by atoms with E-state index in [-0.39, 0.29) is 0 Å². The molecule has 0 radical (unpaired) electrons. The molecule has 0 spiro atoms. The molecule has 0 saturated heterocycles. The Morgan fingerprint density at radius 3 is 1.77 bits per heavy atom. The Morgan fingerprint density at radius 1 is 1.15 bits per heavy atom. The summed E-state index contributed by atoms with van der Waals surface area (Å²) in [5.74, 6) is 0.637. The van der Waals surface area contributed by atoms with Crippen molar-refractivity contribution in [3.8, 4) is 0 Å². The first kappa shape index (κ1) is 15.1. The molecule has 1 rings (SSSR count). The SMILES string of the molecule is CC.CC.Cc1ncsc1C(C)C. The predicted molar refractivity (Wildman–Crippen MR) is 63.6 cm³/mol. The quantitative estimate of drug-likeness (QED) is 0.645. The van der Waals surface area contributed by atoms with Crippen molar-refractivity contribution in [2.24, 2.45) is 0 Å². The van der Waals surface area contributed by atoms with Gasteiger partial charge in [-0.05, 0) is 12.8 Å². The van der Waals surface area contributed by atoms with Crippen LogP contribution in [0.5, 0.6) is 0 Å². The molecule has 0 atom stereocenters. The van der Waals surface area contributed by atoms with Gasteiger partial charge in [-0.3, -0.25) is 0 Å². The highest BCUT2D eigenvalue weighted by molar-refractivity contribution is 7.09. The maximum Gasteiger partial charge on any atom is 0.0797 e. The molecule has 2 heteroatoms. The Morgan fingerprint density at radius 2 is 1.62 bits per heavy atom. The van der Waals surface area contributed by atoms with Crippen molar-refractivity contribution in [2.75, 3.05) is 0 Å². The van der Waals surface area contributed by atoms with Crippen molar-refractivity contribution in [3.05, 3.63) is 16.1 Å². The van der Waals surface area contributed by atoms with E-state index in [0.717, 1.165) is 0 Å². The number of aryl methyl sites for hydroxylation is 1. The Kier molecular flexibility index (Phi) is 11.3. The summed E-state index contributed by atoms with van der Waals surface area (Å²) in [6.07, 6.45) is 0. The van der Waals surface area contributed by atoms with E-state index in [1.165, 1.54) is 10.6 Å². The molecule has 0 saturated carbocycles. The van der Waals surface area contributed by atoms with Gasteiger partial charge in [0.25, 0.3) is 0 Å². The van der Waals surface area contributed by atoms with Crippen molar-refractivity contribution >= 4 is 11.3 Å². The summed E-state index contributed by atoms with van der Waals surface area (Å²) in [6, 6.07) is 0. The van der Waals surface area contributed by atoms with E-state index in [1.807, 2.05) is 33.2 Å². The van der Waals surface area contributed by atoms with Crippen LogP contribution in [0, 0.1) is 6.92 Å². The summed E-state index contributed by atoms with van der Waals surface area (Å²) in [5.41, 5.74) is 3.10. The average molecular weight is 201 g/mol. The third-order valence-electron chi connectivity index (χ3n) is 1.31. The lowest BCUT2D eigenvalue weighted by atomic mass is 10.1. The van der Waals surface area contributed by atoms with Gasteiger partial charge in [-0.1, -0.05) is 41.5 Å². The monoisotopic (exact) mass is 201 g/mol. The summed E-state index contributed by atoms with van der Waals surface area (Å²) in [7, 11) is 0. The van der Waals surface area contributed by atoms with Crippen molar-refractivity contribution in [3.63, 3.8) is 0 Å². The largest absolute Gasteiger partial charge is 0.250 e. The maximum absolute atomic E-state index is 4.16. The Balaban J connectivity index is 0.